The first kappa shape index (κ1) is 17.0. The van der Waals surface area contributed by atoms with E-state index >= 15 is 0 Å². The van der Waals surface area contributed by atoms with E-state index in [-0.39, 0.29) is 29.1 Å². The molecule has 1 saturated heterocycles. The summed E-state index contributed by atoms with van der Waals surface area (Å²) in [5.41, 5.74) is 2.79. The summed E-state index contributed by atoms with van der Waals surface area (Å²) in [6.45, 7) is 8.09. The molecule has 24 heavy (non-hydrogen) atoms. The van der Waals surface area contributed by atoms with Crippen LogP contribution in [0, 0.1) is 17.3 Å². The van der Waals surface area contributed by atoms with Crippen LogP contribution >= 0.6 is 0 Å². The van der Waals surface area contributed by atoms with Crippen molar-refractivity contribution in [3.8, 4) is 0 Å². The van der Waals surface area contributed by atoms with E-state index in [1.54, 1.807) is 0 Å². The molecule has 2 saturated carbocycles. The third kappa shape index (κ3) is 2.62. The first-order valence-corrected chi connectivity index (χ1v) is 8.81. The molecule has 2 unspecified atom stereocenters. The molecule has 0 aromatic carbocycles. The molecule has 3 rings (SSSR count). The zero-order valence-electron chi connectivity index (χ0n) is 14.9. The standard InChI is InChI=1S/C18H27N3O3/c1-11(2)10-12-13(17(12,3)4)14(22)20-21-15(23)18(19-16(21)24)8-6-5-7-9-18/h10,12-13H,5-9H2,1-4H3,(H,19,24)(H,20,22). The number of hydrazine groups is 1. The summed E-state index contributed by atoms with van der Waals surface area (Å²) in [7, 11) is 0. The summed E-state index contributed by atoms with van der Waals surface area (Å²) in [6.07, 6.45) is 6.33. The average Bonchev–Trinajstić information content (AvgIpc) is 2.96. The molecule has 3 aliphatic rings. The van der Waals surface area contributed by atoms with Gasteiger partial charge in [0.15, 0.2) is 0 Å². The first-order chi connectivity index (χ1) is 11.2. The molecule has 1 heterocycles. The van der Waals surface area contributed by atoms with E-state index in [0.717, 1.165) is 24.3 Å². The quantitative estimate of drug-likeness (QED) is 0.615. The second-order valence-electron chi connectivity index (χ2n) is 8.26. The maximum atomic E-state index is 12.7. The Hall–Kier alpha value is -1.85. The summed E-state index contributed by atoms with van der Waals surface area (Å²) in [4.78, 5) is 37.5. The molecule has 1 aliphatic heterocycles. The van der Waals surface area contributed by atoms with Gasteiger partial charge >= 0.3 is 6.03 Å². The van der Waals surface area contributed by atoms with Crippen LogP contribution in [0.5, 0.6) is 0 Å². The molecular weight excluding hydrogens is 306 g/mol. The lowest BCUT2D eigenvalue weighted by Gasteiger charge is -2.30. The summed E-state index contributed by atoms with van der Waals surface area (Å²) < 4.78 is 0. The van der Waals surface area contributed by atoms with Crippen molar-refractivity contribution in [3.05, 3.63) is 11.6 Å². The van der Waals surface area contributed by atoms with Gasteiger partial charge in [-0.1, -0.05) is 44.8 Å². The minimum Gasteiger partial charge on any atom is -0.322 e. The van der Waals surface area contributed by atoms with Crippen LogP contribution in [0.2, 0.25) is 0 Å². The Balaban J connectivity index is 1.70. The van der Waals surface area contributed by atoms with Gasteiger partial charge in [-0.3, -0.25) is 15.0 Å². The van der Waals surface area contributed by atoms with Gasteiger partial charge < -0.3 is 5.32 Å². The van der Waals surface area contributed by atoms with Crippen molar-refractivity contribution < 1.29 is 14.4 Å². The Morgan fingerprint density at radius 1 is 1.21 bits per heavy atom. The lowest BCUT2D eigenvalue weighted by molar-refractivity contribution is -0.140. The van der Waals surface area contributed by atoms with Crippen LogP contribution in [0.3, 0.4) is 0 Å². The van der Waals surface area contributed by atoms with Crippen molar-refractivity contribution in [2.24, 2.45) is 17.3 Å². The van der Waals surface area contributed by atoms with E-state index in [0.29, 0.717) is 12.8 Å². The molecule has 0 bridgehead atoms. The molecule has 0 aromatic heterocycles. The monoisotopic (exact) mass is 333 g/mol. The number of nitrogens with one attached hydrogen (secondary N) is 2. The second kappa shape index (κ2) is 5.60. The molecule has 132 valence electrons. The highest BCUT2D eigenvalue weighted by atomic mass is 16.2. The molecule has 2 atom stereocenters. The molecule has 3 fully saturated rings. The fourth-order valence-electron chi connectivity index (χ4n) is 4.24. The van der Waals surface area contributed by atoms with E-state index in [1.165, 1.54) is 5.57 Å². The van der Waals surface area contributed by atoms with E-state index in [1.807, 2.05) is 27.7 Å². The highest BCUT2D eigenvalue weighted by Crippen LogP contribution is 2.59. The molecular formula is C18H27N3O3. The first-order valence-electron chi connectivity index (χ1n) is 8.81. The van der Waals surface area contributed by atoms with Gasteiger partial charge in [0, 0.05) is 0 Å². The summed E-state index contributed by atoms with van der Waals surface area (Å²) in [6, 6.07) is -0.507. The number of allylic oxidation sites excluding steroid dienone is 2. The number of carbonyl (C=O) groups is 3. The van der Waals surface area contributed by atoms with Gasteiger partial charge in [-0.05, 0) is 38.0 Å². The van der Waals surface area contributed by atoms with E-state index in [2.05, 4.69) is 16.8 Å². The van der Waals surface area contributed by atoms with Gasteiger partial charge in [-0.2, -0.15) is 5.01 Å². The molecule has 1 spiro atoms. The van der Waals surface area contributed by atoms with Gasteiger partial charge in [0.1, 0.15) is 5.54 Å². The van der Waals surface area contributed by atoms with Gasteiger partial charge in [-0.25, -0.2) is 4.79 Å². The second-order valence-corrected chi connectivity index (χ2v) is 8.26. The number of hydrogen-bond donors (Lipinski definition) is 2. The van der Waals surface area contributed by atoms with Gasteiger partial charge in [0.05, 0.1) is 5.92 Å². The van der Waals surface area contributed by atoms with Crippen LogP contribution in [0.4, 0.5) is 4.79 Å². The Labute approximate surface area is 143 Å². The summed E-state index contributed by atoms with van der Waals surface area (Å²) >= 11 is 0. The molecule has 2 aliphatic carbocycles. The number of nitrogens with zero attached hydrogens (tertiary/aromatic N) is 1. The number of carbonyl (C=O) groups excluding carboxylic acids is 3. The Morgan fingerprint density at radius 3 is 2.42 bits per heavy atom. The van der Waals surface area contributed by atoms with E-state index < -0.39 is 11.6 Å². The maximum absolute atomic E-state index is 12.7. The summed E-state index contributed by atoms with van der Waals surface area (Å²) in [5, 5.41) is 3.71. The van der Waals surface area contributed by atoms with Crippen molar-refractivity contribution >= 4 is 17.8 Å². The lowest BCUT2D eigenvalue weighted by Crippen LogP contribution is -2.51. The normalized spacial score (nSPS) is 30.1. The van der Waals surface area contributed by atoms with Crippen molar-refractivity contribution in [1.82, 2.24) is 15.8 Å². The van der Waals surface area contributed by atoms with Crippen molar-refractivity contribution in [1.29, 1.82) is 0 Å². The highest BCUT2D eigenvalue weighted by Gasteiger charge is 2.61. The average molecular weight is 333 g/mol. The zero-order chi connectivity index (χ0) is 17.7. The van der Waals surface area contributed by atoms with Gasteiger partial charge in [0.2, 0.25) is 5.91 Å². The largest absolute Gasteiger partial charge is 0.344 e. The third-order valence-corrected chi connectivity index (χ3v) is 5.80. The fraction of sp³-hybridized carbons (Fsp3) is 0.722. The third-order valence-electron chi connectivity index (χ3n) is 5.80. The molecule has 6 heteroatoms. The number of urea groups is 1. The van der Waals surface area contributed by atoms with Crippen LogP contribution in [0.25, 0.3) is 0 Å². The number of imide groups is 1. The Morgan fingerprint density at radius 2 is 1.83 bits per heavy atom. The SMILES string of the molecule is CC(C)=CC1C(C(=O)NN2C(=O)NC3(CCCCC3)C2=O)C1(C)C. The van der Waals surface area contributed by atoms with Gasteiger partial charge in [0.25, 0.3) is 5.91 Å². The predicted octanol–water partition coefficient (Wildman–Crippen LogP) is 2.51. The smallest absolute Gasteiger partial charge is 0.322 e. The minimum absolute atomic E-state index is 0.145. The van der Waals surface area contributed by atoms with Gasteiger partial charge in [-0.15, -0.1) is 0 Å². The molecule has 4 amide bonds. The zero-order valence-corrected chi connectivity index (χ0v) is 14.9. The van der Waals surface area contributed by atoms with Crippen LogP contribution < -0.4 is 10.7 Å². The van der Waals surface area contributed by atoms with Crippen LogP contribution in [-0.4, -0.2) is 28.4 Å². The van der Waals surface area contributed by atoms with Crippen molar-refractivity contribution in [3.63, 3.8) is 0 Å². The van der Waals surface area contributed by atoms with E-state index in [9.17, 15) is 14.4 Å². The van der Waals surface area contributed by atoms with E-state index in [4.69, 9.17) is 0 Å². The molecule has 0 radical (unpaired) electrons. The number of hydrogen-bond acceptors (Lipinski definition) is 3. The van der Waals surface area contributed by atoms with Crippen molar-refractivity contribution in [2.45, 2.75) is 65.3 Å². The minimum atomic E-state index is -0.805. The number of rotatable bonds is 3. The number of amides is 4. The van der Waals surface area contributed by atoms with Crippen LogP contribution in [0.1, 0.15) is 59.8 Å². The fourth-order valence-corrected chi connectivity index (χ4v) is 4.24. The Bertz CT molecular complexity index is 613. The van der Waals surface area contributed by atoms with Crippen molar-refractivity contribution in [2.75, 3.05) is 0 Å². The molecule has 6 nitrogen and oxygen atoms in total. The topological polar surface area (TPSA) is 78.5 Å². The van der Waals surface area contributed by atoms with Crippen LogP contribution in [0.15, 0.2) is 11.6 Å². The highest BCUT2D eigenvalue weighted by molar-refractivity contribution is 6.08. The maximum Gasteiger partial charge on any atom is 0.344 e. The molecule has 0 aromatic rings. The van der Waals surface area contributed by atoms with Crippen LogP contribution in [-0.2, 0) is 9.59 Å². The lowest BCUT2D eigenvalue weighted by atomic mass is 9.82. The molecule has 2 N–H and O–H groups in total. The predicted molar refractivity (Wildman–Crippen MR) is 89.5 cm³/mol. The Kier molecular flexibility index (Phi) is 3.97. The summed E-state index contributed by atoms with van der Waals surface area (Å²) in [5.74, 6) is -0.626.